The van der Waals surface area contributed by atoms with Gasteiger partial charge in [0, 0.05) is 11.9 Å². The van der Waals surface area contributed by atoms with E-state index in [1.165, 1.54) is 6.07 Å². The Morgan fingerprint density at radius 1 is 1.14 bits per heavy atom. The third kappa shape index (κ3) is 3.95. The van der Waals surface area contributed by atoms with Gasteiger partial charge in [0.15, 0.2) is 0 Å². The van der Waals surface area contributed by atoms with Gasteiger partial charge >= 0.3 is 6.18 Å². The standard InChI is InChI=1S/C14H13F3N4/c1-9(10-2-5-12(18)6-3-10)20-21-13-7-4-11(8-19-13)14(15,16)17/h2-8H,18H2,1H3,(H,19,21). The molecule has 0 saturated carbocycles. The number of nitrogen functional groups attached to an aromatic ring is 1. The van der Waals surface area contributed by atoms with Crippen molar-refractivity contribution < 1.29 is 13.2 Å². The van der Waals surface area contributed by atoms with Crippen molar-refractivity contribution in [2.45, 2.75) is 13.1 Å². The topological polar surface area (TPSA) is 63.3 Å². The number of alkyl halides is 3. The molecule has 0 aliphatic rings. The summed E-state index contributed by atoms with van der Waals surface area (Å²) in [5, 5.41) is 4.07. The van der Waals surface area contributed by atoms with Crippen LogP contribution in [0.3, 0.4) is 0 Å². The Hall–Kier alpha value is -2.57. The average Bonchev–Trinajstić information content (AvgIpc) is 2.45. The minimum atomic E-state index is -4.39. The Morgan fingerprint density at radius 3 is 2.33 bits per heavy atom. The Kier molecular flexibility index (Phi) is 4.11. The lowest BCUT2D eigenvalue weighted by Gasteiger charge is -2.07. The number of nitrogens with one attached hydrogen (secondary N) is 1. The van der Waals surface area contributed by atoms with E-state index in [1.54, 1.807) is 31.2 Å². The molecule has 0 amide bonds. The van der Waals surface area contributed by atoms with E-state index in [9.17, 15) is 13.2 Å². The molecule has 0 bridgehead atoms. The third-order valence-corrected chi connectivity index (χ3v) is 2.76. The molecule has 0 saturated heterocycles. The quantitative estimate of drug-likeness (QED) is 0.517. The van der Waals surface area contributed by atoms with Crippen molar-refractivity contribution in [3.8, 4) is 0 Å². The largest absolute Gasteiger partial charge is 0.417 e. The number of halogens is 3. The fraction of sp³-hybridized carbons (Fsp3) is 0.143. The second-order valence-corrected chi connectivity index (χ2v) is 4.36. The number of hydrogen-bond acceptors (Lipinski definition) is 4. The fourth-order valence-electron chi connectivity index (χ4n) is 1.56. The zero-order valence-corrected chi connectivity index (χ0v) is 11.1. The molecule has 2 aromatic rings. The van der Waals surface area contributed by atoms with Gasteiger partial charge in [0.1, 0.15) is 5.82 Å². The van der Waals surface area contributed by atoms with Gasteiger partial charge in [-0.3, -0.25) is 5.43 Å². The molecule has 1 aromatic carbocycles. The molecule has 0 aliphatic heterocycles. The summed E-state index contributed by atoms with van der Waals surface area (Å²) in [6, 6.07) is 9.26. The number of nitrogens with two attached hydrogens (primary N) is 1. The summed E-state index contributed by atoms with van der Waals surface area (Å²) < 4.78 is 37.2. The van der Waals surface area contributed by atoms with Gasteiger partial charge in [0.05, 0.1) is 11.3 Å². The molecule has 0 fully saturated rings. The monoisotopic (exact) mass is 294 g/mol. The zero-order chi connectivity index (χ0) is 15.5. The number of nitrogens with zero attached hydrogens (tertiary/aromatic N) is 2. The van der Waals surface area contributed by atoms with Crippen molar-refractivity contribution in [1.82, 2.24) is 4.98 Å². The molecule has 1 heterocycles. The van der Waals surface area contributed by atoms with Gasteiger partial charge < -0.3 is 5.73 Å². The van der Waals surface area contributed by atoms with Crippen molar-refractivity contribution in [2.24, 2.45) is 5.10 Å². The van der Waals surface area contributed by atoms with Crippen LogP contribution in [0.15, 0.2) is 47.7 Å². The molecule has 0 unspecified atom stereocenters. The summed E-state index contributed by atoms with van der Waals surface area (Å²) in [5.41, 5.74) is 9.56. The van der Waals surface area contributed by atoms with Crippen LogP contribution < -0.4 is 11.2 Å². The first-order chi connectivity index (χ1) is 9.86. The van der Waals surface area contributed by atoms with Crippen LogP contribution in [0.2, 0.25) is 0 Å². The minimum Gasteiger partial charge on any atom is -0.399 e. The smallest absolute Gasteiger partial charge is 0.399 e. The summed E-state index contributed by atoms with van der Waals surface area (Å²) in [6.45, 7) is 1.77. The van der Waals surface area contributed by atoms with E-state index in [0.29, 0.717) is 11.4 Å². The lowest BCUT2D eigenvalue weighted by Crippen LogP contribution is -2.06. The van der Waals surface area contributed by atoms with Gasteiger partial charge in [-0.25, -0.2) is 4.98 Å². The van der Waals surface area contributed by atoms with Gasteiger partial charge in [-0.05, 0) is 36.8 Å². The van der Waals surface area contributed by atoms with Crippen LogP contribution in [0.1, 0.15) is 18.1 Å². The Morgan fingerprint density at radius 2 is 1.81 bits per heavy atom. The summed E-state index contributed by atoms with van der Waals surface area (Å²) in [5.74, 6) is 0.234. The van der Waals surface area contributed by atoms with Crippen molar-refractivity contribution in [2.75, 3.05) is 11.2 Å². The highest BCUT2D eigenvalue weighted by Gasteiger charge is 2.30. The molecule has 7 heteroatoms. The van der Waals surface area contributed by atoms with E-state index in [-0.39, 0.29) is 5.82 Å². The molecule has 0 spiro atoms. The Bertz CT molecular complexity index is 631. The third-order valence-electron chi connectivity index (χ3n) is 2.76. The maximum Gasteiger partial charge on any atom is 0.417 e. The molecule has 0 radical (unpaired) electrons. The van der Waals surface area contributed by atoms with Crippen LogP contribution in [0.5, 0.6) is 0 Å². The van der Waals surface area contributed by atoms with E-state index in [2.05, 4.69) is 15.5 Å². The molecule has 4 nitrogen and oxygen atoms in total. The molecule has 0 atom stereocenters. The maximum atomic E-state index is 12.4. The van der Waals surface area contributed by atoms with Crippen molar-refractivity contribution in [3.05, 3.63) is 53.7 Å². The second kappa shape index (κ2) is 5.82. The van der Waals surface area contributed by atoms with E-state index in [0.717, 1.165) is 17.8 Å². The van der Waals surface area contributed by atoms with E-state index < -0.39 is 11.7 Å². The predicted molar refractivity (Wildman–Crippen MR) is 75.9 cm³/mol. The fourth-order valence-corrected chi connectivity index (χ4v) is 1.56. The van der Waals surface area contributed by atoms with Gasteiger partial charge in [-0.15, -0.1) is 0 Å². The molecule has 0 aliphatic carbocycles. The number of anilines is 2. The van der Waals surface area contributed by atoms with Crippen LogP contribution in [0.4, 0.5) is 24.7 Å². The molecule has 1 aromatic heterocycles. The first-order valence-electron chi connectivity index (χ1n) is 6.06. The van der Waals surface area contributed by atoms with Crippen LogP contribution in [0.25, 0.3) is 0 Å². The van der Waals surface area contributed by atoms with Gasteiger partial charge in [-0.1, -0.05) is 12.1 Å². The highest BCUT2D eigenvalue weighted by Crippen LogP contribution is 2.28. The van der Waals surface area contributed by atoms with E-state index >= 15 is 0 Å². The summed E-state index contributed by atoms with van der Waals surface area (Å²) >= 11 is 0. The van der Waals surface area contributed by atoms with Gasteiger partial charge in [-0.2, -0.15) is 18.3 Å². The predicted octanol–water partition coefficient (Wildman–Crippen LogP) is 3.52. The summed E-state index contributed by atoms with van der Waals surface area (Å²) in [7, 11) is 0. The van der Waals surface area contributed by atoms with Crippen LogP contribution >= 0.6 is 0 Å². The highest BCUT2D eigenvalue weighted by molar-refractivity contribution is 5.99. The Balaban J connectivity index is 2.08. The van der Waals surface area contributed by atoms with Crippen LogP contribution in [-0.2, 0) is 6.18 Å². The number of benzene rings is 1. The molecule has 21 heavy (non-hydrogen) atoms. The first-order valence-corrected chi connectivity index (χ1v) is 6.06. The van der Waals surface area contributed by atoms with Gasteiger partial charge in [0.25, 0.3) is 0 Å². The lowest BCUT2D eigenvalue weighted by atomic mass is 10.1. The lowest BCUT2D eigenvalue weighted by molar-refractivity contribution is -0.137. The summed E-state index contributed by atoms with van der Waals surface area (Å²) in [4.78, 5) is 3.67. The van der Waals surface area contributed by atoms with Crippen LogP contribution in [0, 0.1) is 0 Å². The van der Waals surface area contributed by atoms with Crippen LogP contribution in [-0.4, -0.2) is 10.7 Å². The normalized spacial score (nSPS) is 12.3. The van der Waals surface area contributed by atoms with E-state index in [1.807, 2.05) is 0 Å². The van der Waals surface area contributed by atoms with E-state index in [4.69, 9.17) is 5.73 Å². The first kappa shape index (κ1) is 14.8. The summed E-state index contributed by atoms with van der Waals surface area (Å²) in [6.07, 6.45) is -3.63. The Labute approximate surface area is 119 Å². The molecular weight excluding hydrogens is 281 g/mol. The number of hydrogen-bond donors (Lipinski definition) is 2. The van der Waals surface area contributed by atoms with Gasteiger partial charge in [0.2, 0.25) is 0 Å². The zero-order valence-electron chi connectivity index (χ0n) is 11.1. The molecule has 110 valence electrons. The second-order valence-electron chi connectivity index (χ2n) is 4.36. The molecule has 2 rings (SSSR count). The maximum absolute atomic E-state index is 12.4. The minimum absolute atomic E-state index is 0.234. The number of hydrazone groups is 1. The van der Waals surface area contributed by atoms with Crippen molar-refractivity contribution in [1.29, 1.82) is 0 Å². The highest BCUT2D eigenvalue weighted by atomic mass is 19.4. The SMILES string of the molecule is CC(=NNc1ccc(C(F)(F)F)cn1)c1ccc(N)cc1. The molecular formula is C14H13F3N4. The van der Waals surface area contributed by atoms with Crippen molar-refractivity contribution >= 4 is 17.2 Å². The molecule has 3 N–H and O–H groups in total. The number of rotatable bonds is 3. The number of pyridine rings is 1. The average molecular weight is 294 g/mol. The van der Waals surface area contributed by atoms with Crippen molar-refractivity contribution in [3.63, 3.8) is 0 Å². The number of aromatic nitrogens is 1.